The second kappa shape index (κ2) is 7.10. The van der Waals surface area contributed by atoms with Gasteiger partial charge in [-0.1, -0.05) is 6.08 Å². The molecule has 1 aliphatic rings. The van der Waals surface area contributed by atoms with Crippen LogP contribution in [-0.2, 0) is 19.3 Å². The number of hydrogen-bond donors (Lipinski definition) is 1. The fourth-order valence-corrected chi connectivity index (χ4v) is 2.95. The molecule has 0 aromatic heterocycles. The van der Waals surface area contributed by atoms with E-state index in [-0.39, 0.29) is 18.1 Å². The van der Waals surface area contributed by atoms with E-state index in [0.717, 1.165) is 0 Å². The van der Waals surface area contributed by atoms with Crippen LogP contribution in [0.3, 0.4) is 0 Å². The van der Waals surface area contributed by atoms with Gasteiger partial charge in [0.05, 0.1) is 5.75 Å². The monoisotopic (exact) mass is 263 g/mol. The molecule has 0 aromatic rings. The average molecular weight is 263 g/mol. The number of ether oxygens (including phenoxy) is 2. The minimum absolute atomic E-state index is 0.0797. The van der Waals surface area contributed by atoms with Crippen molar-refractivity contribution in [1.29, 1.82) is 0 Å². The van der Waals surface area contributed by atoms with Gasteiger partial charge in [0.25, 0.3) is 0 Å². The Morgan fingerprint density at radius 1 is 1.35 bits per heavy atom. The molecule has 0 spiro atoms. The van der Waals surface area contributed by atoms with Crippen LogP contribution in [0.15, 0.2) is 11.5 Å². The Labute approximate surface area is 103 Å². The summed E-state index contributed by atoms with van der Waals surface area (Å²) in [6, 6.07) is -0.0797. The highest BCUT2D eigenvalue weighted by Crippen LogP contribution is 2.08. The van der Waals surface area contributed by atoms with E-state index in [2.05, 4.69) is 5.32 Å². The fraction of sp³-hybridized carbons (Fsp3) is 0.818. The molecule has 1 aliphatic heterocycles. The standard InChI is InChI=1S/C11H21NO4S/c1-3-15-11(16-4-2)5-7-12-10-6-8-17(13,14)9-10/h6,8,10-12H,3-5,7,9H2,1-2H3. The van der Waals surface area contributed by atoms with Crippen molar-refractivity contribution in [3.63, 3.8) is 0 Å². The lowest BCUT2D eigenvalue weighted by molar-refractivity contribution is -0.138. The summed E-state index contributed by atoms with van der Waals surface area (Å²) in [5.74, 6) is 0.154. The van der Waals surface area contributed by atoms with Gasteiger partial charge in [0.2, 0.25) is 0 Å². The third kappa shape index (κ3) is 5.63. The minimum Gasteiger partial charge on any atom is -0.353 e. The third-order valence-corrected chi connectivity index (χ3v) is 3.82. The summed E-state index contributed by atoms with van der Waals surface area (Å²) in [5, 5.41) is 4.43. The first-order valence-corrected chi connectivity index (χ1v) is 7.66. The molecule has 0 radical (unpaired) electrons. The summed E-state index contributed by atoms with van der Waals surface area (Å²) < 4.78 is 33.1. The Morgan fingerprint density at radius 2 is 2.00 bits per heavy atom. The smallest absolute Gasteiger partial charge is 0.173 e. The normalized spacial score (nSPS) is 22.4. The Balaban J connectivity index is 2.20. The molecule has 1 rings (SSSR count). The SMILES string of the molecule is CCOC(CCNC1C=CS(=O)(=O)C1)OCC. The first kappa shape index (κ1) is 14.6. The molecule has 5 nitrogen and oxygen atoms in total. The number of nitrogens with one attached hydrogen (secondary N) is 1. The molecule has 0 amide bonds. The van der Waals surface area contributed by atoms with Crippen molar-refractivity contribution in [2.75, 3.05) is 25.5 Å². The van der Waals surface area contributed by atoms with E-state index in [4.69, 9.17) is 9.47 Å². The van der Waals surface area contributed by atoms with Crippen LogP contribution in [0.2, 0.25) is 0 Å². The van der Waals surface area contributed by atoms with Gasteiger partial charge in [-0.3, -0.25) is 0 Å². The van der Waals surface area contributed by atoms with E-state index in [1.54, 1.807) is 6.08 Å². The van der Waals surface area contributed by atoms with Crippen molar-refractivity contribution in [3.8, 4) is 0 Å². The lowest BCUT2D eigenvalue weighted by Gasteiger charge is -2.18. The van der Waals surface area contributed by atoms with E-state index in [1.807, 2.05) is 13.8 Å². The van der Waals surface area contributed by atoms with Crippen LogP contribution in [-0.4, -0.2) is 46.3 Å². The molecule has 100 valence electrons. The van der Waals surface area contributed by atoms with E-state index in [1.165, 1.54) is 5.41 Å². The molecule has 0 fully saturated rings. The minimum atomic E-state index is -2.97. The van der Waals surface area contributed by atoms with Gasteiger partial charge in [-0.15, -0.1) is 0 Å². The van der Waals surface area contributed by atoms with Gasteiger partial charge in [-0.05, 0) is 13.8 Å². The third-order valence-electron chi connectivity index (χ3n) is 2.42. The molecular weight excluding hydrogens is 242 g/mol. The second-order valence-electron chi connectivity index (χ2n) is 3.85. The quantitative estimate of drug-likeness (QED) is 0.652. The van der Waals surface area contributed by atoms with Crippen LogP contribution in [0, 0.1) is 0 Å². The highest BCUT2D eigenvalue weighted by atomic mass is 32.2. The lowest BCUT2D eigenvalue weighted by Crippen LogP contribution is -2.33. The van der Waals surface area contributed by atoms with Gasteiger partial charge in [0.15, 0.2) is 16.1 Å². The Morgan fingerprint density at radius 3 is 2.47 bits per heavy atom. The average Bonchev–Trinajstić information content (AvgIpc) is 2.59. The van der Waals surface area contributed by atoms with Crippen LogP contribution in [0.25, 0.3) is 0 Å². The van der Waals surface area contributed by atoms with Crippen LogP contribution in [0.4, 0.5) is 0 Å². The maximum atomic E-state index is 11.2. The summed E-state index contributed by atoms with van der Waals surface area (Å²) in [4.78, 5) is 0. The van der Waals surface area contributed by atoms with Crippen molar-refractivity contribution in [2.45, 2.75) is 32.6 Å². The number of hydrogen-bond acceptors (Lipinski definition) is 5. The molecule has 1 N–H and O–H groups in total. The van der Waals surface area contributed by atoms with Gasteiger partial charge in [-0.25, -0.2) is 8.42 Å². The molecule has 0 aromatic carbocycles. The summed E-state index contributed by atoms with van der Waals surface area (Å²) in [6.07, 6.45) is 2.19. The van der Waals surface area contributed by atoms with Gasteiger partial charge in [-0.2, -0.15) is 0 Å². The van der Waals surface area contributed by atoms with Crippen LogP contribution in [0.5, 0.6) is 0 Å². The summed E-state index contributed by atoms with van der Waals surface area (Å²) in [6.45, 7) is 5.75. The van der Waals surface area contributed by atoms with E-state index in [0.29, 0.717) is 26.2 Å². The predicted molar refractivity (Wildman–Crippen MR) is 66.4 cm³/mol. The zero-order valence-corrected chi connectivity index (χ0v) is 11.2. The van der Waals surface area contributed by atoms with E-state index >= 15 is 0 Å². The number of sulfone groups is 1. The van der Waals surface area contributed by atoms with Crippen molar-refractivity contribution in [3.05, 3.63) is 11.5 Å². The molecule has 0 saturated heterocycles. The molecule has 17 heavy (non-hydrogen) atoms. The lowest BCUT2D eigenvalue weighted by atomic mass is 10.3. The number of rotatable bonds is 8. The Bertz CT molecular complexity index is 333. The maximum absolute atomic E-state index is 11.2. The van der Waals surface area contributed by atoms with Gasteiger partial charge >= 0.3 is 0 Å². The second-order valence-corrected chi connectivity index (χ2v) is 5.78. The maximum Gasteiger partial charge on any atom is 0.173 e. The highest BCUT2D eigenvalue weighted by molar-refractivity contribution is 7.94. The zero-order chi connectivity index (χ0) is 12.7. The zero-order valence-electron chi connectivity index (χ0n) is 10.4. The first-order valence-electron chi connectivity index (χ1n) is 5.95. The van der Waals surface area contributed by atoms with Crippen LogP contribution >= 0.6 is 0 Å². The van der Waals surface area contributed by atoms with Crippen LogP contribution in [0.1, 0.15) is 20.3 Å². The van der Waals surface area contributed by atoms with Crippen molar-refractivity contribution in [2.24, 2.45) is 0 Å². The van der Waals surface area contributed by atoms with Crippen LogP contribution < -0.4 is 5.32 Å². The summed E-state index contributed by atoms with van der Waals surface area (Å²) in [7, 11) is -2.97. The Kier molecular flexibility index (Phi) is 6.11. The summed E-state index contributed by atoms with van der Waals surface area (Å²) in [5.41, 5.74) is 0. The molecule has 0 aliphatic carbocycles. The first-order chi connectivity index (χ1) is 8.07. The fourth-order valence-electron chi connectivity index (χ4n) is 1.68. The van der Waals surface area contributed by atoms with Gasteiger partial charge in [0.1, 0.15) is 0 Å². The largest absolute Gasteiger partial charge is 0.353 e. The Hall–Kier alpha value is -0.430. The van der Waals surface area contributed by atoms with Gasteiger partial charge in [0, 0.05) is 37.6 Å². The highest BCUT2D eigenvalue weighted by Gasteiger charge is 2.21. The van der Waals surface area contributed by atoms with Crippen molar-refractivity contribution in [1.82, 2.24) is 5.32 Å². The molecule has 1 heterocycles. The van der Waals surface area contributed by atoms with Crippen molar-refractivity contribution < 1.29 is 17.9 Å². The molecule has 0 bridgehead atoms. The van der Waals surface area contributed by atoms with E-state index < -0.39 is 9.84 Å². The molecule has 1 atom stereocenters. The molecular formula is C11H21NO4S. The van der Waals surface area contributed by atoms with E-state index in [9.17, 15) is 8.42 Å². The predicted octanol–water partition coefficient (Wildman–Crippen LogP) is 0.676. The molecule has 0 saturated carbocycles. The molecule has 6 heteroatoms. The molecule has 1 unspecified atom stereocenters. The van der Waals surface area contributed by atoms with Crippen molar-refractivity contribution >= 4 is 9.84 Å². The topological polar surface area (TPSA) is 64.6 Å². The van der Waals surface area contributed by atoms with Gasteiger partial charge < -0.3 is 14.8 Å². The summed E-state index contributed by atoms with van der Waals surface area (Å²) >= 11 is 0.